The number of rotatable bonds is 8. The summed E-state index contributed by atoms with van der Waals surface area (Å²) < 4.78 is 0. The smallest absolute Gasteiger partial charge is 0.305 e. The Morgan fingerprint density at radius 2 is 1.42 bits per heavy atom. The normalized spacial score (nSPS) is 27.6. The summed E-state index contributed by atoms with van der Waals surface area (Å²) in [6.07, 6.45) is -1.56. The standard InChI is InChI=1S/C36H55N7O10/c1-18(2)15-23-30(48)39-25(17-27(46)47)32(50)41-28(20(4)44)34(52)37-19(3)29(35(53)42-36(5,6)7)43-14-8-9-26(43)33(51)40-24(31(49)38-23)16-21-10-12-22(45)13-11-21/h10-13,18-20,23-26,28-29,44-45H,8-9,14-17H2,1-7H3,(H,37,52)(H,38,49)(H,39,48)(H,40,51)(H,41,50)(H,42,53)(H,46,47)/t19-,20-,23+,24-,25?,26+,28+,29+/m1/s1. The van der Waals surface area contributed by atoms with Crippen molar-refractivity contribution in [1.82, 2.24) is 36.8 Å². The average Bonchev–Trinajstić information content (AvgIpc) is 3.50. The average molecular weight is 746 g/mol. The molecule has 0 aromatic heterocycles. The molecule has 0 radical (unpaired) electrons. The molecular weight excluding hydrogens is 690 g/mol. The Balaban J connectivity index is 2.16. The van der Waals surface area contributed by atoms with Gasteiger partial charge in [0.05, 0.1) is 24.6 Å². The number of hydrogen-bond acceptors (Lipinski definition) is 10. The molecule has 2 heterocycles. The van der Waals surface area contributed by atoms with Crippen molar-refractivity contribution >= 4 is 41.4 Å². The van der Waals surface area contributed by atoms with Gasteiger partial charge in [0, 0.05) is 12.0 Å². The first kappa shape index (κ1) is 42.6. The maximum absolute atomic E-state index is 14.2. The van der Waals surface area contributed by atoms with E-state index >= 15 is 0 Å². The number of carbonyl (C=O) groups excluding carboxylic acids is 6. The number of carbonyl (C=O) groups is 7. The molecule has 0 bridgehead atoms. The monoisotopic (exact) mass is 745 g/mol. The summed E-state index contributed by atoms with van der Waals surface area (Å²) in [4.78, 5) is 96.4. The second kappa shape index (κ2) is 18.3. The van der Waals surface area contributed by atoms with E-state index in [0.717, 1.165) is 0 Å². The van der Waals surface area contributed by atoms with E-state index in [9.17, 15) is 48.9 Å². The number of aliphatic carboxylic acids is 1. The van der Waals surface area contributed by atoms with Gasteiger partial charge in [0.2, 0.25) is 35.4 Å². The first-order valence-corrected chi connectivity index (χ1v) is 17.9. The minimum Gasteiger partial charge on any atom is -0.508 e. The second-order valence-electron chi connectivity index (χ2n) is 15.4. The number of benzene rings is 1. The Bertz CT molecular complexity index is 1510. The lowest BCUT2D eigenvalue weighted by molar-refractivity contribution is -0.142. The van der Waals surface area contributed by atoms with Gasteiger partial charge < -0.3 is 47.2 Å². The van der Waals surface area contributed by atoms with Crippen LogP contribution in [0.3, 0.4) is 0 Å². The number of aliphatic hydroxyl groups excluding tert-OH is 1. The predicted octanol–water partition coefficient (Wildman–Crippen LogP) is -0.958. The number of phenolic OH excluding ortho intramolecular Hbond substituents is 1. The molecule has 17 nitrogen and oxygen atoms in total. The van der Waals surface area contributed by atoms with E-state index in [-0.39, 0.29) is 31.1 Å². The highest BCUT2D eigenvalue weighted by Crippen LogP contribution is 2.24. The van der Waals surface area contributed by atoms with Crippen molar-refractivity contribution in [2.45, 2.75) is 135 Å². The highest BCUT2D eigenvalue weighted by molar-refractivity contribution is 5.97. The van der Waals surface area contributed by atoms with E-state index in [4.69, 9.17) is 0 Å². The molecule has 1 aromatic rings. The quantitative estimate of drug-likeness (QED) is 0.157. The first-order chi connectivity index (χ1) is 24.7. The summed E-state index contributed by atoms with van der Waals surface area (Å²) in [7, 11) is 0. The van der Waals surface area contributed by atoms with Crippen LogP contribution in [0.5, 0.6) is 5.75 Å². The van der Waals surface area contributed by atoms with E-state index in [2.05, 4.69) is 31.9 Å². The van der Waals surface area contributed by atoms with Crippen LogP contribution in [0.4, 0.5) is 0 Å². The second-order valence-corrected chi connectivity index (χ2v) is 15.4. The third kappa shape index (κ3) is 12.4. The number of aromatic hydroxyl groups is 1. The van der Waals surface area contributed by atoms with Gasteiger partial charge in [-0.05, 0) is 84.0 Å². The Morgan fingerprint density at radius 3 is 1.98 bits per heavy atom. The number of amides is 6. The molecule has 6 amide bonds. The number of nitrogens with zero attached hydrogens (tertiary/aromatic N) is 1. The Hall–Kier alpha value is -4.77. The van der Waals surface area contributed by atoms with Gasteiger partial charge in [-0.15, -0.1) is 0 Å². The zero-order valence-corrected chi connectivity index (χ0v) is 31.4. The highest BCUT2D eigenvalue weighted by atomic mass is 16.4. The van der Waals surface area contributed by atoms with Crippen LogP contribution >= 0.6 is 0 Å². The van der Waals surface area contributed by atoms with Crippen molar-refractivity contribution in [3.05, 3.63) is 29.8 Å². The van der Waals surface area contributed by atoms with Crippen LogP contribution in [0, 0.1) is 5.92 Å². The maximum atomic E-state index is 14.2. The molecule has 8 atom stereocenters. The Morgan fingerprint density at radius 1 is 0.849 bits per heavy atom. The largest absolute Gasteiger partial charge is 0.508 e. The molecule has 2 saturated heterocycles. The van der Waals surface area contributed by atoms with E-state index in [1.165, 1.54) is 19.1 Å². The van der Waals surface area contributed by atoms with Crippen LogP contribution in [0.2, 0.25) is 0 Å². The fourth-order valence-electron chi connectivity index (χ4n) is 6.54. The molecule has 1 unspecified atom stereocenters. The molecule has 2 aliphatic rings. The Labute approximate surface area is 309 Å². The molecule has 0 spiro atoms. The maximum Gasteiger partial charge on any atom is 0.305 e. The lowest BCUT2D eigenvalue weighted by Crippen LogP contribution is -2.66. The van der Waals surface area contributed by atoms with E-state index in [1.54, 1.807) is 58.6 Å². The SMILES string of the molecule is CC(C)C[C@@H]1NC(=O)[C@@H](Cc2ccc(O)cc2)NC(=O)[C@@H]2CCCN2[C@H](C(=O)NC(C)(C)C)[C@@H](C)NC(=O)[C@H]([C@@H](C)O)NC(=O)C(CC(=O)O)NC1=O. The Kier molecular flexibility index (Phi) is 14.7. The minimum atomic E-state index is -1.72. The molecule has 0 saturated carbocycles. The molecule has 2 aliphatic heterocycles. The van der Waals surface area contributed by atoms with Gasteiger partial charge >= 0.3 is 5.97 Å². The molecular formula is C36H55N7O10. The fraction of sp³-hybridized carbons (Fsp3) is 0.639. The first-order valence-electron chi connectivity index (χ1n) is 17.9. The lowest BCUT2D eigenvalue weighted by Gasteiger charge is -2.38. The number of phenols is 1. The molecule has 9 N–H and O–H groups in total. The minimum absolute atomic E-state index is 0.0114. The summed E-state index contributed by atoms with van der Waals surface area (Å²) in [6, 6.07) is -2.93. The summed E-state index contributed by atoms with van der Waals surface area (Å²) in [5.41, 5.74) is -0.132. The van der Waals surface area contributed by atoms with Gasteiger partial charge in [-0.3, -0.25) is 38.5 Å². The number of carboxylic acids is 1. The van der Waals surface area contributed by atoms with Crippen molar-refractivity contribution in [3.63, 3.8) is 0 Å². The predicted molar refractivity (Wildman–Crippen MR) is 192 cm³/mol. The molecule has 2 fully saturated rings. The van der Waals surface area contributed by atoms with Crippen LogP contribution < -0.4 is 31.9 Å². The molecule has 3 rings (SSSR count). The zero-order chi connectivity index (χ0) is 39.8. The van der Waals surface area contributed by atoms with Crippen molar-refractivity contribution < 1.29 is 48.9 Å². The van der Waals surface area contributed by atoms with Crippen LogP contribution in [0.1, 0.15) is 79.7 Å². The number of aliphatic hydroxyl groups is 1. The molecule has 17 heteroatoms. The van der Waals surface area contributed by atoms with Crippen LogP contribution in [0.15, 0.2) is 24.3 Å². The number of carboxylic acid groups (broad SMARTS) is 1. The number of fused-ring (bicyclic) bond motifs is 1. The van der Waals surface area contributed by atoms with E-state index in [1.807, 2.05) is 0 Å². The van der Waals surface area contributed by atoms with Gasteiger partial charge in [0.15, 0.2) is 0 Å². The molecule has 294 valence electrons. The van der Waals surface area contributed by atoms with Crippen molar-refractivity contribution in [3.8, 4) is 5.75 Å². The van der Waals surface area contributed by atoms with Crippen molar-refractivity contribution in [2.24, 2.45) is 5.92 Å². The third-order valence-electron chi connectivity index (χ3n) is 8.99. The summed E-state index contributed by atoms with van der Waals surface area (Å²) in [6.45, 7) is 11.9. The highest BCUT2D eigenvalue weighted by Gasteiger charge is 2.44. The van der Waals surface area contributed by atoms with Crippen molar-refractivity contribution in [1.29, 1.82) is 0 Å². The lowest BCUT2D eigenvalue weighted by atomic mass is 9.99. The van der Waals surface area contributed by atoms with Gasteiger partial charge in [-0.1, -0.05) is 26.0 Å². The summed E-state index contributed by atoms with van der Waals surface area (Å²) in [5, 5.41) is 45.8. The molecule has 0 aliphatic carbocycles. The molecule has 1 aromatic carbocycles. The summed E-state index contributed by atoms with van der Waals surface area (Å²) in [5.74, 6) is -6.31. The topological polar surface area (TPSA) is 256 Å². The van der Waals surface area contributed by atoms with Gasteiger partial charge in [-0.25, -0.2) is 0 Å². The van der Waals surface area contributed by atoms with Crippen LogP contribution in [0.25, 0.3) is 0 Å². The van der Waals surface area contributed by atoms with Gasteiger partial charge in [-0.2, -0.15) is 0 Å². The zero-order valence-electron chi connectivity index (χ0n) is 31.4. The van der Waals surface area contributed by atoms with E-state index in [0.29, 0.717) is 18.4 Å². The summed E-state index contributed by atoms with van der Waals surface area (Å²) >= 11 is 0. The molecule has 53 heavy (non-hydrogen) atoms. The fourth-order valence-corrected chi connectivity index (χ4v) is 6.54. The van der Waals surface area contributed by atoms with E-state index < -0.39 is 102 Å². The van der Waals surface area contributed by atoms with Crippen LogP contribution in [-0.4, -0.2) is 122 Å². The number of nitrogens with one attached hydrogen (secondary N) is 6. The number of hydrogen-bond donors (Lipinski definition) is 9. The third-order valence-corrected chi connectivity index (χ3v) is 8.99. The van der Waals surface area contributed by atoms with Gasteiger partial charge in [0.25, 0.3) is 0 Å². The van der Waals surface area contributed by atoms with Crippen molar-refractivity contribution in [2.75, 3.05) is 6.54 Å². The van der Waals surface area contributed by atoms with Crippen LogP contribution in [-0.2, 0) is 40.0 Å². The van der Waals surface area contributed by atoms with Gasteiger partial charge in [0.1, 0.15) is 36.0 Å².